The third-order valence-electron chi connectivity index (χ3n) is 6.71. The van der Waals surface area contributed by atoms with Crippen LogP contribution in [-0.4, -0.2) is 11.6 Å². The summed E-state index contributed by atoms with van der Waals surface area (Å²) in [6.45, 7) is 10.6. The Morgan fingerprint density at radius 3 is 2.41 bits per heavy atom. The molecular formula is C20H36O2. The molecule has 0 heterocycles. The summed E-state index contributed by atoms with van der Waals surface area (Å²) in [5.41, 5.74) is -0.566. The molecule has 0 aromatic heterocycles. The van der Waals surface area contributed by atoms with Gasteiger partial charge in [-0.1, -0.05) is 40.0 Å². The topological polar surface area (TPSA) is 26.3 Å². The van der Waals surface area contributed by atoms with E-state index in [-0.39, 0.29) is 17.0 Å². The second kappa shape index (κ2) is 6.93. The van der Waals surface area contributed by atoms with Crippen LogP contribution in [0.5, 0.6) is 0 Å². The summed E-state index contributed by atoms with van der Waals surface area (Å²) in [5.74, 6) is 2.21. The largest absolute Gasteiger partial charge is 0.458 e. The number of ether oxygens (including phenoxy) is 1. The normalized spacial score (nSPS) is 35.8. The molecule has 4 unspecified atom stereocenters. The van der Waals surface area contributed by atoms with E-state index in [1.165, 1.54) is 32.1 Å². The Kier molecular flexibility index (Phi) is 5.61. The van der Waals surface area contributed by atoms with E-state index in [1.807, 2.05) is 13.8 Å². The Bertz CT molecular complexity index is 387. The number of carbonyl (C=O) groups is 1. The Hall–Kier alpha value is -0.530. The van der Waals surface area contributed by atoms with E-state index in [2.05, 4.69) is 20.8 Å². The fraction of sp³-hybridized carbons (Fsp3) is 0.950. The second-order valence-corrected chi connectivity index (χ2v) is 8.49. The van der Waals surface area contributed by atoms with Gasteiger partial charge in [-0.25, -0.2) is 0 Å². The highest BCUT2D eigenvalue weighted by atomic mass is 16.6. The van der Waals surface area contributed by atoms with Crippen LogP contribution < -0.4 is 0 Å². The minimum Gasteiger partial charge on any atom is -0.458 e. The Balaban J connectivity index is 2.25. The summed E-state index contributed by atoms with van der Waals surface area (Å²) in [7, 11) is 0. The molecule has 0 spiro atoms. The molecule has 2 fully saturated rings. The number of esters is 1. The maximum absolute atomic E-state index is 12.8. The van der Waals surface area contributed by atoms with Crippen LogP contribution in [0.15, 0.2) is 0 Å². The molecule has 128 valence electrons. The summed E-state index contributed by atoms with van der Waals surface area (Å²) in [6, 6.07) is 0. The summed E-state index contributed by atoms with van der Waals surface area (Å²) in [5, 5.41) is 0. The quantitative estimate of drug-likeness (QED) is 0.605. The zero-order valence-corrected chi connectivity index (χ0v) is 15.4. The van der Waals surface area contributed by atoms with Gasteiger partial charge in [0.1, 0.15) is 5.60 Å². The predicted octanol–water partition coefficient (Wildman–Crippen LogP) is 5.74. The molecule has 2 rings (SSSR count). The van der Waals surface area contributed by atoms with Gasteiger partial charge in [-0.05, 0) is 70.1 Å². The minimum absolute atomic E-state index is 0.0201. The van der Waals surface area contributed by atoms with E-state index in [4.69, 9.17) is 4.74 Å². The van der Waals surface area contributed by atoms with E-state index < -0.39 is 0 Å². The van der Waals surface area contributed by atoms with Gasteiger partial charge in [0.15, 0.2) is 0 Å². The van der Waals surface area contributed by atoms with Crippen molar-refractivity contribution in [1.82, 2.24) is 0 Å². The molecule has 2 aliphatic carbocycles. The van der Waals surface area contributed by atoms with Crippen molar-refractivity contribution < 1.29 is 9.53 Å². The third kappa shape index (κ3) is 3.51. The Morgan fingerprint density at radius 1 is 1.14 bits per heavy atom. The predicted molar refractivity (Wildman–Crippen MR) is 91.6 cm³/mol. The van der Waals surface area contributed by atoms with Crippen molar-refractivity contribution in [3.8, 4) is 0 Å². The van der Waals surface area contributed by atoms with E-state index in [9.17, 15) is 4.79 Å². The maximum Gasteiger partial charge on any atom is 0.312 e. The number of hydrogen-bond donors (Lipinski definition) is 0. The van der Waals surface area contributed by atoms with Crippen LogP contribution in [0.25, 0.3) is 0 Å². The molecule has 0 aromatic rings. The monoisotopic (exact) mass is 308 g/mol. The Labute approximate surface area is 137 Å². The van der Waals surface area contributed by atoms with E-state index in [0.717, 1.165) is 37.5 Å². The van der Waals surface area contributed by atoms with Gasteiger partial charge in [-0.2, -0.15) is 0 Å². The van der Waals surface area contributed by atoms with Crippen LogP contribution in [0.3, 0.4) is 0 Å². The first-order valence-electron chi connectivity index (χ1n) is 9.60. The molecule has 2 heteroatoms. The zero-order valence-electron chi connectivity index (χ0n) is 15.4. The smallest absolute Gasteiger partial charge is 0.312 e. The average molecular weight is 309 g/mol. The number of fused-ring (bicyclic) bond motifs is 2. The van der Waals surface area contributed by atoms with Crippen LogP contribution in [-0.2, 0) is 9.53 Å². The standard InChI is InChI=1S/C20H36O2/c1-6-17-13-15-10-9-11-16(12-15)14-20(17,8-3)22-18(21)19(4,5)7-2/h15-17H,6-14H2,1-5H3. The zero-order chi connectivity index (χ0) is 16.4. The van der Waals surface area contributed by atoms with Crippen molar-refractivity contribution in [2.45, 2.75) is 98.0 Å². The molecule has 0 saturated heterocycles. The van der Waals surface area contributed by atoms with Crippen molar-refractivity contribution in [3.63, 3.8) is 0 Å². The lowest BCUT2D eigenvalue weighted by Crippen LogP contribution is -2.45. The average Bonchev–Trinajstić information content (AvgIpc) is 2.61. The van der Waals surface area contributed by atoms with Gasteiger partial charge in [-0.15, -0.1) is 0 Å². The molecular weight excluding hydrogens is 272 g/mol. The maximum atomic E-state index is 12.8. The summed E-state index contributed by atoms with van der Waals surface area (Å²) < 4.78 is 6.34. The van der Waals surface area contributed by atoms with Crippen molar-refractivity contribution in [2.75, 3.05) is 0 Å². The number of hydrogen-bond acceptors (Lipinski definition) is 2. The molecule has 0 amide bonds. The van der Waals surface area contributed by atoms with Gasteiger partial charge in [0.25, 0.3) is 0 Å². The fourth-order valence-electron chi connectivity index (χ4n) is 4.71. The molecule has 4 atom stereocenters. The van der Waals surface area contributed by atoms with Crippen molar-refractivity contribution >= 4 is 5.97 Å². The molecule has 0 aliphatic heterocycles. The molecule has 0 aromatic carbocycles. The lowest BCUT2D eigenvalue weighted by molar-refractivity contribution is -0.180. The van der Waals surface area contributed by atoms with Crippen LogP contribution in [0.1, 0.15) is 92.4 Å². The SMILES string of the molecule is CCC1CC2CCCC(C2)CC1(CC)OC(=O)C(C)(C)CC. The van der Waals surface area contributed by atoms with Gasteiger partial charge in [0.05, 0.1) is 5.41 Å². The summed E-state index contributed by atoms with van der Waals surface area (Å²) >= 11 is 0. The van der Waals surface area contributed by atoms with E-state index >= 15 is 0 Å². The molecule has 2 nitrogen and oxygen atoms in total. The number of carbonyl (C=O) groups excluding carboxylic acids is 1. The fourth-order valence-corrected chi connectivity index (χ4v) is 4.71. The van der Waals surface area contributed by atoms with Gasteiger partial charge in [-0.3, -0.25) is 4.79 Å². The van der Waals surface area contributed by atoms with Crippen molar-refractivity contribution in [2.24, 2.45) is 23.2 Å². The first-order chi connectivity index (χ1) is 10.4. The molecule has 2 saturated carbocycles. The highest BCUT2D eigenvalue weighted by Gasteiger charge is 2.47. The minimum atomic E-state index is -0.359. The molecule has 22 heavy (non-hydrogen) atoms. The van der Waals surface area contributed by atoms with Crippen LogP contribution in [0, 0.1) is 23.2 Å². The molecule has 2 bridgehead atoms. The molecule has 0 N–H and O–H groups in total. The highest BCUT2D eigenvalue weighted by molar-refractivity contribution is 5.76. The van der Waals surface area contributed by atoms with E-state index in [0.29, 0.717) is 5.92 Å². The Morgan fingerprint density at radius 2 is 1.82 bits per heavy atom. The van der Waals surface area contributed by atoms with Gasteiger partial charge in [0, 0.05) is 0 Å². The van der Waals surface area contributed by atoms with Crippen LogP contribution in [0.4, 0.5) is 0 Å². The van der Waals surface area contributed by atoms with Gasteiger partial charge >= 0.3 is 5.97 Å². The van der Waals surface area contributed by atoms with Crippen molar-refractivity contribution in [1.29, 1.82) is 0 Å². The molecule has 2 aliphatic rings. The first-order valence-corrected chi connectivity index (χ1v) is 9.60. The summed E-state index contributed by atoms with van der Waals surface area (Å²) in [6.07, 6.45) is 10.8. The number of rotatable bonds is 5. The van der Waals surface area contributed by atoms with E-state index in [1.54, 1.807) is 0 Å². The van der Waals surface area contributed by atoms with Gasteiger partial charge in [0.2, 0.25) is 0 Å². The van der Waals surface area contributed by atoms with Crippen LogP contribution in [0.2, 0.25) is 0 Å². The van der Waals surface area contributed by atoms with Crippen LogP contribution >= 0.6 is 0 Å². The van der Waals surface area contributed by atoms with Gasteiger partial charge < -0.3 is 4.74 Å². The lowest BCUT2D eigenvalue weighted by atomic mass is 9.76. The third-order valence-corrected chi connectivity index (χ3v) is 6.71. The highest BCUT2D eigenvalue weighted by Crippen LogP contribution is 2.49. The lowest BCUT2D eigenvalue weighted by Gasteiger charge is -2.41. The second-order valence-electron chi connectivity index (χ2n) is 8.49. The summed E-state index contributed by atoms with van der Waals surface area (Å²) in [4.78, 5) is 12.8. The van der Waals surface area contributed by atoms with Crippen molar-refractivity contribution in [3.05, 3.63) is 0 Å². The molecule has 0 radical (unpaired) electrons. The first kappa shape index (κ1) is 17.8.